The third-order valence-electron chi connectivity index (χ3n) is 1.91. The standard InChI is InChI=1S/C7H5I2NOS.ClH/c8-6-4-2(10)1-3(11)5(4)7(9)12-6;/h2H,1,10H2;1H. The van der Waals surface area contributed by atoms with Crippen LogP contribution >= 0.6 is 68.9 Å². The number of carbonyl (C=O) groups is 1. The summed E-state index contributed by atoms with van der Waals surface area (Å²) in [6, 6.07) is -0.0563. The van der Waals surface area contributed by atoms with Gasteiger partial charge in [0.2, 0.25) is 0 Å². The smallest absolute Gasteiger partial charge is 0.167 e. The Kier molecular flexibility index (Phi) is 4.01. The van der Waals surface area contributed by atoms with E-state index < -0.39 is 0 Å². The minimum absolute atomic E-state index is 0. The van der Waals surface area contributed by atoms with Crippen LogP contribution in [-0.2, 0) is 0 Å². The normalized spacial score (nSPS) is 19.9. The highest BCUT2D eigenvalue weighted by atomic mass is 127. The average Bonchev–Trinajstić information content (AvgIpc) is 2.38. The summed E-state index contributed by atoms with van der Waals surface area (Å²) in [5.41, 5.74) is 7.79. The second kappa shape index (κ2) is 4.30. The minimum Gasteiger partial charge on any atom is -0.323 e. The maximum absolute atomic E-state index is 11.4. The molecule has 0 aliphatic heterocycles. The van der Waals surface area contributed by atoms with Gasteiger partial charge in [0.1, 0.15) is 0 Å². The van der Waals surface area contributed by atoms with E-state index in [9.17, 15) is 4.79 Å². The molecule has 0 fully saturated rings. The van der Waals surface area contributed by atoms with Gasteiger partial charge in [-0.2, -0.15) is 0 Å². The van der Waals surface area contributed by atoms with Crippen LogP contribution in [0.25, 0.3) is 0 Å². The van der Waals surface area contributed by atoms with Crippen molar-refractivity contribution < 1.29 is 4.79 Å². The maximum atomic E-state index is 11.4. The van der Waals surface area contributed by atoms with E-state index in [0.717, 1.165) is 14.0 Å². The van der Waals surface area contributed by atoms with Crippen molar-refractivity contribution in [2.24, 2.45) is 5.73 Å². The Hall–Kier alpha value is 1.08. The molecule has 0 radical (unpaired) electrons. The second-order valence-electron chi connectivity index (χ2n) is 2.67. The number of carbonyl (C=O) groups excluding carboxylic acids is 1. The molecule has 13 heavy (non-hydrogen) atoms. The first-order valence-electron chi connectivity index (χ1n) is 3.37. The molecule has 72 valence electrons. The van der Waals surface area contributed by atoms with Crippen LogP contribution in [0.5, 0.6) is 0 Å². The lowest BCUT2D eigenvalue weighted by Crippen LogP contribution is -2.06. The summed E-state index contributed by atoms with van der Waals surface area (Å²) in [7, 11) is 0. The zero-order valence-electron chi connectivity index (χ0n) is 6.34. The summed E-state index contributed by atoms with van der Waals surface area (Å²) < 4.78 is 2.26. The molecule has 0 saturated heterocycles. The predicted molar refractivity (Wildman–Crippen MR) is 72.9 cm³/mol. The van der Waals surface area contributed by atoms with E-state index in [0.29, 0.717) is 6.42 Å². The largest absolute Gasteiger partial charge is 0.323 e. The highest BCUT2D eigenvalue weighted by Crippen LogP contribution is 2.40. The van der Waals surface area contributed by atoms with Crippen molar-refractivity contribution in [1.29, 1.82) is 0 Å². The molecule has 0 spiro atoms. The quantitative estimate of drug-likeness (QED) is 0.630. The molecular formula is C7H6ClI2NOS. The van der Waals surface area contributed by atoms with Gasteiger partial charge in [0.15, 0.2) is 5.78 Å². The first kappa shape index (κ1) is 12.2. The van der Waals surface area contributed by atoms with Crippen molar-refractivity contribution in [1.82, 2.24) is 0 Å². The van der Waals surface area contributed by atoms with Crippen LogP contribution in [0.3, 0.4) is 0 Å². The lowest BCUT2D eigenvalue weighted by molar-refractivity contribution is 0.0989. The van der Waals surface area contributed by atoms with Crippen molar-refractivity contribution in [3.63, 3.8) is 0 Å². The molecular weight excluding hydrogens is 435 g/mol. The van der Waals surface area contributed by atoms with Gasteiger partial charge < -0.3 is 5.73 Å². The van der Waals surface area contributed by atoms with Gasteiger partial charge in [-0.25, -0.2) is 0 Å². The van der Waals surface area contributed by atoms with Crippen LogP contribution in [0.1, 0.15) is 28.4 Å². The van der Waals surface area contributed by atoms with Gasteiger partial charge in [-0.3, -0.25) is 4.79 Å². The first-order valence-corrected chi connectivity index (χ1v) is 6.35. The van der Waals surface area contributed by atoms with Crippen LogP contribution in [0.15, 0.2) is 0 Å². The molecule has 0 amide bonds. The van der Waals surface area contributed by atoms with Crippen molar-refractivity contribution in [2.45, 2.75) is 12.5 Å². The summed E-state index contributed by atoms with van der Waals surface area (Å²) >= 11 is 6.11. The van der Waals surface area contributed by atoms with E-state index in [1.165, 1.54) is 2.88 Å². The lowest BCUT2D eigenvalue weighted by atomic mass is 10.2. The van der Waals surface area contributed by atoms with E-state index >= 15 is 0 Å². The molecule has 1 heterocycles. The Morgan fingerprint density at radius 2 is 2.00 bits per heavy atom. The summed E-state index contributed by atoms with van der Waals surface area (Å²) in [5, 5.41) is 0. The van der Waals surface area contributed by atoms with E-state index in [4.69, 9.17) is 5.73 Å². The van der Waals surface area contributed by atoms with Crippen molar-refractivity contribution in [2.75, 3.05) is 0 Å². The zero-order chi connectivity index (χ0) is 8.88. The number of Topliss-reactive ketones (excluding diaryl/α,β-unsaturated/α-hetero) is 1. The topological polar surface area (TPSA) is 43.1 Å². The summed E-state index contributed by atoms with van der Waals surface area (Å²) in [6.45, 7) is 0. The van der Waals surface area contributed by atoms with Crippen molar-refractivity contribution >= 4 is 74.7 Å². The van der Waals surface area contributed by atoms with Crippen LogP contribution in [-0.4, -0.2) is 5.78 Å². The molecule has 0 bridgehead atoms. The third kappa shape index (κ3) is 1.90. The molecule has 1 aliphatic rings. The molecule has 2 nitrogen and oxygen atoms in total. The molecule has 1 unspecified atom stereocenters. The van der Waals surface area contributed by atoms with E-state index in [-0.39, 0.29) is 24.2 Å². The Morgan fingerprint density at radius 1 is 1.38 bits per heavy atom. The second-order valence-corrected chi connectivity index (χ2v) is 7.31. The highest BCUT2D eigenvalue weighted by molar-refractivity contribution is 14.1. The van der Waals surface area contributed by atoms with Gasteiger partial charge in [-0.15, -0.1) is 23.7 Å². The summed E-state index contributed by atoms with van der Waals surface area (Å²) in [6.07, 6.45) is 0.490. The molecule has 1 atom stereocenters. The number of ketones is 1. The number of rotatable bonds is 0. The molecule has 1 aromatic rings. The van der Waals surface area contributed by atoms with E-state index in [1.807, 2.05) is 0 Å². The molecule has 1 aromatic heterocycles. The zero-order valence-corrected chi connectivity index (χ0v) is 12.3. The van der Waals surface area contributed by atoms with Crippen molar-refractivity contribution in [3.05, 3.63) is 16.9 Å². The number of thiophene rings is 1. The van der Waals surface area contributed by atoms with Gasteiger partial charge in [-0.1, -0.05) is 0 Å². The number of hydrogen-bond acceptors (Lipinski definition) is 3. The number of fused-ring (bicyclic) bond motifs is 1. The first-order chi connectivity index (χ1) is 5.61. The molecule has 2 rings (SSSR count). The Bertz CT molecular complexity index is 366. The van der Waals surface area contributed by atoms with Crippen LogP contribution in [0, 0.1) is 5.77 Å². The predicted octanol–water partition coefficient (Wildman–Crippen LogP) is 2.97. The fourth-order valence-electron chi connectivity index (χ4n) is 1.38. The molecule has 6 heteroatoms. The van der Waals surface area contributed by atoms with Crippen LogP contribution in [0.2, 0.25) is 0 Å². The minimum atomic E-state index is -0.0563. The fourth-order valence-corrected chi connectivity index (χ4v) is 6.08. The van der Waals surface area contributed by atoms with E-state index in [1.54, 1.807) is 11.3 Å². The third-order valence-corrected chi connectivity index (χ3v) is 5.14. The van der Waals surface area contributed by atoms with Gasteiger partial charge in [0, 0.05) is 23.6 Å². The molecule has 1 aliphatic carbocycles. The van der Waals surface area contributed by atoms with E-state index in [2.05, 4.69) is 45.2 Å². The summed E-state index contributed by atoms with van der Waals surface area (Å²) in [5.74, 6) is 0.209. The number of hydrogen-bond donors (Lipinski definition) is 1. The molecule has 0 aromatic carbocycles. The Balaban J connectivity index is 0.000000845. The average molecular weight is 441 g/mol. The van der Waals surface area contributed by atoms with Gasteiger partial charge in [0.25, 0.3) is 0 Å². The maximum Gasteiger partial charge on any atom is 0.167 e. The number of nitrogens with two attached hydrogens (primary N) is 1. The molecule has 0 saturated carbocycles. The van der Waals surface area contributed by atoms with Gasteiger partial charge >= 0.3 is 0 Å². The van der Waals surface area contributed by atoms with Gasteiger partial charge in [-0.05, 0) is 45.2 Å². The van der Waals surface area contributed by atoms with Gasteiger partial charge in [0.05, 0.1) is 5.77 Å². The van der Waals surface area contributed by atoms with Crippen LogP contribution in [0.4, 0.5) is 0 Å². The molecule has 2 N–H and O–H groups in total. The summed E-state index contributed by atoms with van der Waals surface area (Å²) in [4.78, 5) is 11.4. The number of halogens is 3. The monoisotopic (exact) mass is 441 g/mol. The highest BCUT2D eigenvalue weighted by Gasteiger charge is 2.32. The Labute approximate surface area is 113 Å². The Morgan fingerprint density at radius 3 is 2.54 bits per heavy atom. The van der Waals surface area contributed by atoms with Crippen molar-refractivity contribution in [3.8, 4) is 0 Å². The fraction of sp³-hybridized carbons (Fsp3) is 0.286. The van der Waals surface area contributed by atoms with Crippen LogP contribution < -0.4 is 5.73 Å². The lowest BCUT2D eigenvalue weighted by Gasteiger charge is -1.99. The SMILES string of the molecule is Cl.NC1CC(=O)c2c(I)sc(I)c21.